The zero-order valence-corrected chi connectivity index (χ0v) is 17.2. The smallest absolute Gasteiger partial charge is 0.268 e. The molecule has 1 saturated heterocycles. The molecule has 1 amide bonds. The van der Waals surface area contributed by atoms with Crippen molar-refractivity contribution >= 4 is 28.9 Å². The van der Waals surface area contributed by atoms with Crippen LogP contribution in [0.25, 0.3) is 10.6 Å². The zero-order chi connectivity index (χ0) is 20.7. The molecule has 9 heteroatoms. The number of amides is 1. The number of ether oxygens (including phenoxy) is 1. The molecule has 3 aromatic heterocycles. The molecule has 1 fully saturated rings. The van der Waals surface area contributed by atoms with Crippen molar-refractivity contribution in [3.63, 3.8) is 0 Å². The third-order valence-electron chi connectivity index (χ3n) is 5.80. The van der Waals surface area contributed by atoms with Crippen LogP contribution in [-0.2, 0) is 16.8 Å². The van der Waals surface area contributed by atoms with E-state index < -0.39 is 5.91 Å². The number of hydrogen-bond acceptors (Lipinski definition) is 8. The molecule has 30 heavy (non-hydrogen) atoms. The highest BCUT2D eigenvalue weighted by Gasteiger charge is 2.42. The highest BCUT2D eigenvalue weighted by atomic mass is 32.1. The minimum Gasteiger partial charge on any atom is -0.384 e. The van der Waals surface area contributed by atoms with Crippen LogP contribution in [0.4, 0.5) is 11.6 Å². The van der Waals surface area contributed by atoms with E-state index in [1.54, 1.807) is 23.6 Å². The van der Waals surface area contributed by atoms with Gasteiger partial charge in [0.2, 0.25) is 0 Å². The summed E-state index contributed by atoms with van der Waals surface area (Å²) >= 11 is 1.78. The number of primary amides is 1. The Morgan fingerprint density at radius 3 is 2.80 bits per heavy atom. The van der Waals surface area contributed by atoms with E-state index >= 15 is 0 Å². The van der Waals surface area contributed by atoms with Crippen molar-refractivity contribution in [3.8, 4) is 10.6 Å². The van der Waals surface area contributed by atoms with Crippen LogP contribution in [0.5, 0.6) is 0 Å². The Hall–Kier alpha value is -3.04. The van der Waals surface area contributed by atoms with Crippen LogP contribution < -0.4 is 16.4 Å². The van der Waals surface area contributed by atoms with Gasteiger partial charge in [-0.15, -0.1) is 11.3 Å². The molecule has 1 spiro atoms. The van der Waals surface area contributed by atoms with Gasteiger partial charge >= 0.3 is 0 Å². The highest BCUT2D eigenvalue weighted by molar-refractivity contribution is 7.15. The van der Waals surface area contributed by atoms with Gasteiger partial charge in [-0.25, -0.2) is 9.97 Å². The minimum absolute atomic E-state index is 0.182. The van der Waals surface area contributed by atoms with E-state index in [9.17, 15) is 4.79 Å². The topological polar surface area (TPSA) is 120 Å². The van der Waals surface area contributed by atoms with Crippen molar-refractivity contribution in [3.05, 3.63) is 52.8 Å². The number of rotatable bonds is 3. The summed E-state index contributed by atoms with van der Waals surface area (Å²) in [5.74, 6) is 0.628. The molecule has 8 nitrogen and oxygen atoms in total. The quantitative estimate of drug-likeness (QED) is 0.665. The van der Waals surface area contributed by atoms with Gasteiger partial charge in [-0.05, 0) is 36.6 Å². The number of nitrogens with zero attached hydrogens (tertiary/aromatic N) is 4. The maximum atomic E-state index is 11.4. The number of piperidine rings is 1. The summed E-state index contributed by atoms with van der Waals surface area (Å²) in [6, 6.07) is 7.95. The number of carbonyl (C=O) groups excluding carboxylic acids is 1. The first-order valence-corrected chi connectivity index (χ1v) is 10.7. The fourth-order valence-electron chi connectivity index (χ4n) is 4.27. The Kier molecular flexibility index (Phi) is 4.63. The van der Waals surface area contributed by atoms with E-state index in [1.807, 2.05) is 12.1 Å². The Balaban J connectivity index is 1.40. The molecule has 0 unspecified atom stereocenters. The molecule has 0 atom stereocenters. The number of aromatic nitrogens is 3. The van der Waals surface area contributed by atoms with E-state index in [2.05, 4.69) is 25.9 Å². The molecular weight excluding hydrogens is 400 g/mol. The van der Waals surface area contributed by atoms with E-state index in [0.717, 1.165) is 42.9 Å². The molecule has 4 N–H and O–H groups in total. The van der Waals surface area contributed by atoms with Crippen LogP contribution in [0.3, 0.4) is 0 Å². The number of fused-ring (bicyclic) bond motifs is 2. The summed E-state index contributed by atoms with van der Waals surface area (Å²) in [6.07, 6.45) is 5.66. The Labute approximate surface area is 177 Å². The number of carbonyl (C=O) groups is 1. The fraction of sp³-hybridized carbons (Fsp3) is 0.333. The molecule has 0 aliphatic carbocycles. The number of nitrogen functional groups attached to an aromatic ring is 1. The predicted octanol–water partition coefficient (Wildman–Crippen LogP) is 2.35. The van der Waals surface area contributed by atoms with E-state index in [0.29, 0.717) is 18.2 Å². The molecule has 0 bridgehead atoms. The van der Waals surface area contributed by atoms with Crippen LogP contribution in [0, 0.1) is 0 Å². The molecule has 154 valence electrons. The standard InChI is InChI=1S/C21H22N6O2S/c22-18-3-1-2-14(25-18)17-10-13-16(30-17)4-9-29-21(13)5-7-27(8-6-21)19-12-24-11-15(26-19)20(23)28/h1-3,10-12H,4-9H2,(H2,22,25)(H2,23,28). The Morgan fingerprint density at radius 1 is 1.20 bits per heavy atom. The second-order valence-electron chi connectivity index (χ2n) is 7.60. The molecule has 2 aliphatic rings. The summed E-state index contributed by atoms with van der Waals surface area (Å²) in [6.45, 7) is 2.24. The van der Waals surface area contributed by atoms with Crippen LogP contribution in [0.15, 0.2) is 36.7 Å². The third-order valence-corrected chi connectivity index (χ3v) is 7.02. The number of nitrogens with two attached hydrogens (primary N) is 2. The average molecular weight is 423 g/mol. The number of anilines is 2. The zero-order valence-electron chi connectivity index (χ0n) is 16.4. The number of hydrogen-bond donors (Lipinski definition) is 2. The molecule has 3 aromatic rings. The van der Waals surface area contributed by atoms with Gasteiger partial charge in [0, 0.05) is 24.4 Å². The fourth-order valence-corrected chi connectivity index (χ4v) is 5.47. The van der Waals surface area contributed by atoms with Gasteiger partial charge in [0.05, 0.1) is 35.2 Å². The number of thiophene rings is 1. The van der Waals surface area contributed by atoms with E-state index in [4.69, 9.17) is 16.2 Å². The summed E-state index contributed by atoms with van der Waals surface area (Å²) in [4.78, 5) is 29.0. The van der Waals surface area contributed by atoms with Gasteiger partial charge in [-0.3, -0.25) is 9.78 Å². The van der Waals surface area contributed by atoms with Gasteiger partial charge in [-0.2, -0.15) is 0 Å². The Morgan fingerprint density at radius 2 is 2.03 bits per heavy atom. The monoisotopic (exact) mass is 422 g/mol. The van der Waals surface area contributed by atoms with Gasteiger partial charge in [0.15, 0.2) is 0 Å². The molecule has 2 aliphatic heterocycles. The lowest BCUT2D eigenvalue weighted by Gasteiger charge is -2.44. The van der Waals surface area contributed by atoms with Crippen LogP contribution >= 0.6 is 11.3 Å². The van der Waals surface area contributed by atoms with E-state index in [-0.39, 0.29) is 11.3 Å². The van der Waals surface area contributed by atoms with Gasteiger partial charge in [0.25, 0.3) is 5.91 Å². The van der Waals surface area contributed by atoms with Crippen LogP contribution in [0.2, 0.25) is 0 Å². The molecule has 0 aromatic carbocycles. The van der Waals surface area contributed by atoms with Crippen molar-refractivity contribution in [2.24, 2.45) is 5.73 Å². The van der Waals surface area contributed by atoms with Crippen molar-refractivity contribution < 1.29 is 9.53 Å². The van der Waals surface area contributed by atoms with Crippen molar-refractivity contribution in [2.45, 2.75) is 24.9 Å². The maximum Gasteiger partial charge on any atom is 0.268 e. The average Bonchev–Trinajstić information content (AvgIpc) is 3.21. The van der Waals surface area contributed by atoms with Gasteiger partial charge in [0.1, 0.15) is 17.3 Å². The Bertz CT molecular complexity index is 1110. The summed E-state index contributed by atoms with van der Waals surface area (Å²) < 4.78 is 6.38. The SMILES string of the molecule is NC(=O)c1cncc(N2CCC3(CC2)OCCc2sc(-c4cccc(N)n4)cc23)n1. The largest absolute Gasteiger partial charge is 0.384 e. The molecule has 0 radical (unpaired) electrons. The molecule has 5 rings (SSSR count). The van der Waals surface area contributed by atoms with E-state index in [1.165, 1.54) is 16.6 Å². The first-order chi connectivity index (χ1) is 14.5. The minimum atomic E-state index is -0.570. The second kappa shape index (κ2) is 7.33. The van der Waals surface area contributed by atoms with Crippen molar-refractivity contribution in [2.75, 3.05) is 30.3 Å². The first-order valence-electron chi connectivity index (χ1n) is 9.91. The van der Waals surface area contributed by atoms with Gasteiger partial charge in [-0.1, -0.05) is 6.07 Å². The third kappa shape index (κ3) is 3.29. The predicted molar refractivity (Wildman–Crippen MR) is 115 cm³/mol. The second-order valence-corrected chi connectivity index (χ2v) is 8.74. The van der Waals surface area contributed by atoms with Crippen molar-refractivity contribution in [1.82, 2.24) is 15.0 Å². The molecule has 0 saturated carbocycles. The number of pyridine rings is 1. The van der Waals surface area contributed by atoms with Crippen LogP contribution in [-0.4, -0.2) is 40.6 Å². The summed E-state index contributed by atoms with van der Waals surface area (Å²) in [7, 11) is 0. The lowest BCUT2D eigenvalue weighted by Crippen LogP contribution is -2.46. The van der Waals surface area contributed by atoms with Crippen LogP contribution in [0.1, 0.15) is 33.8 Å². The van der Waals surface area contributed by atoms with Crippen molar-refractivity contribution in [1.29, 1.82) is 0 Å². The lowest BCUT2D eigenvalue weighted by molar-refractivity contribution is -0.0757. The first kappa shape index (κ1) is 19.0. The molecular formula is C21H22N6O2S. The summed E-state index contributed by atoms with van der Waals surface area (Å²) in [5, 5.41) is 0. The normalized spacial score (nSPS) is 17.7. The van der Waals surface area contributed by atoms with Gasteiger partial charge < -0.3 is 21.1 Å². The summed E-state index contributed by atoms with van der Waals surface area (Å²) in [5.41, 5.74) is 13.3. The maximum absolute atomic E-state index is 11.4. The highest BCUT2D eigenvalue weighted by Crippen LogP contribution is 2.46. The molecule has 5 heterocycles. The lowest BCUT2D eigenvalue weighted by atomic mass is 9.82.